The fraction of sp³-hybridized carbons (Fsp3) is 0. The summed E-state index contributed by atoms with van der Waals surface area (Å²) in [6, 6.07) is 23.4. The summed E-state index contributed by atoms with van der Waals surface area (Å²) < 4.78 is 0. The number of hydrogen-bond acceptors (Lipinski definition) is 0. The van der Waals surface area contributed by atoms with Gasteiger partial charge in [0.25, 0.3) is 0 Å². The Morgan fingerprint density at radius 2 is 1.50 bits per heavy atom. The first-order valence-corrected chi connectivity index (χ1v) is 7.48. The number of H-pyrrole nitrogens is 2. The van der Waals surface area contributed by atoms with E-state index in [1.165, 1.54) is 43.8 Å². The predicted molar refractivity (Wildman–Crippen MR) is 93.1 cm³/mol. The topological polar surface area (TPSA) is 31.6 Å². The molecular weight excluding hydrogens is 268 g/mol. The van der Waals surface area contributed by atoms with Crippen molar-refractivity contribution >= 4 is 32.7 Å². The first kappa shape index (κ1) is 11.6. The van der Waals surface area contributed by atoms with Gasteiger partial charge in [0.15, 0.2) is 0 Å². The largest absolute Gasteiger partial charge is 0.361 e. The van der Waals surface area contributed by atoms with Crippen molar-refractivity contribution in [3.05, 3.63) is 72.9 Å². The Kier molecular flexibility index (Phi) is 2.25. The molecule has 2 N–H and O–H groups in total. The van der Waals surface area contributed by atoms with Crippen LogP contribution in [0.25, 0.3) is 43.8 Å². The van der Waals surface area contributed by atoms with E-state index in [1.54, 1.807) is 0 Å². The first-order valence-electron chi connectivity index (χ1n) is 7.48. The molecule has 0 amide bonds. The molecule has 2 heteroatoms. The number of nitrogens with one attached hydrogen (secondary N) is 2. The van der Waals surface area contributed by atoms with Crippen LogP contribution in [-0.2, 0) is 0 Å². The van der Waals surface area contributed by atoms with Crippen LogP contribution in [0.15, 0.2) is 72.9 Å². The quantitative estimate of drug-likeness (QED) is 0.408. The van der Waals surface area contributed by atoms with Gasteiger partial charge < -0.3 is 9.97 Å². The molecule has 2 aromatic heterocycles. The maximum absolute atomic E-state index is 3.56. The summed E-state index contributed by atoms with van der Waals surface area (Å²) in [6.07, 6.45) is 2.03. The van der Waals surface area contributed by atoms with E-state index < -0.39 is 0 Å². The zero-order valence-electron chi connectivity index (χ0n) is 11.9. The molecule has 0 bridgehead atoms. The van der Waals surface area contributed by atoms with Gasteiger partial charge in [0.05, 0.1) is 5.52 Å². The lowest BCUT2D eigenvalue weighted by Gasteiger charge is -2.05. The highest BCUT2D eigenvalue weighted by Crippen LogP contribution is 2.37. The molecule has 5 aromatic rings. The maximum atomic E-state index is 3.56. The molecule has 0 aliphatic carbocycles. The summed E-state index contributed by atoms with van der Waals surface area (Å²) in [5, 5.41) is 3.85. The smallest absolute Gasteiger partial charge is 0.0541 e. The predicted octanol–water partition coefficient (Wildman–Crippen LogP) is 5.47. The lowest BCUT2D eigenvalue weighted by Crippen LogP contribution is -1.81. The molecule has 0 spiro atoms. The highest BCUT2D eigenvalue weighted by Gasteiger charge is 2.13. The van der Waals surface area contributed by atoms with Gasteiger partial charge in [-0.2, -0.15) is 0 Å². The lowest BCUT2D eigenvalue weighted by molar-refractivity contribution is 1.47. The average molecular weight is 282 g/mol. The third-order valence-electron chi connectivity index (χ3n) is 4.39. The third kappa shape index (κ3) is 1.49. The minimum atomic E-state index is 1.19. The number of aromatic amines is 2. The molecule has 22 heavy (non-hydrogen) atoms. The van der Waals surface area contributed by atoms with Gasteiger partial charge in [0, 0.05) is 39.0 Å². The number of aromatic nitrogens is 2. The highest BCUT2D eigenvalue weighted by molar-refractivity contribution is 6.22. The van der Waals surface area contributed by atoms with Crippen molar-refractivity contribution in [1.29, 1.82) is 0 Å². The van der Waals surface area contributed by atoms with E-state index >= 15 is 0 Å². The van der Waals surface area contributed by atoms with Crippen LogP contribution in [0.3, 0.4) is 0 Å². The molecular formula is C20H14N2. The standard InChI is InChI=1S/C20H14N2/c1-2-6-13(7-3-1)16-12-18-19(15-10-11-21-20(15)16)14-8-4-5-9-17(14)22-18/h1-12,21-22H. The van der Waals surface area contributed by atoms with Crippen LogP contribution in [0.1, 0.15) is 0 Å². The fourth-order valence-electron chi connectivity index (χ4n) is 3.42. The molecule has 2 nitrogen and oxygen atoms in total. The minimum Gasteiger partial charge on any atom is -0.361 e. The second kappa shape index (κ2) is 4.25. The average Bonchev–Trinajstić information content (AvgIpc) is 3.18. The van der Waals surface area contributed by atoms with Gasteiger partial charge in [0.1, 0.15) is 0 Å². The lowest BCUT2D eigenvalue weighted by atomic mass is 9.99. The van der Waals surface area contributed by atoms with Gasteiger partial charge in [-0.3, -0.25) is 0 Å². The van der Waals surface area contributed by atoms with Crippen LogP contribution < -0.4 is 0 Å². The monoisotopic (exact) mass is 282 g/mol. The molecule has 0 aliphatic heterocycles. The Balaban J connectivity index is 2.00. The summed E-state index contributed by atoms with van der Waals surface area (Å²) in [7, 11) is 0. The van der Waals surface area contributed by atoms with Crippen molar-refractivity contribution < 1.29 is 0 Å². The number of hydrogen-bond donors (Lipinski definition) is 2. The van der Waals surface area contributed by atoms with E-state index in [0.717, 1.165) is 0 Å². The second-order valence-corrected chi connectivity index (χ2v) is 5.65. The van der Waals surface area contributed by atoms with E-state index in [1.807, 2.05) is 6.20 Å². The van der Waals surface area contributed by atoms with E-state index in [-0.39, 0.29) is 0 Å². The molecule has 2 heterocycles. The van der Waals surface area contributed by atoms with Crippen molar-refractivity contribution in [2.75, 3.05) is 0 Å². The van der Waals surface area contributed by atoms with Crippen LogP contribution >= 0.6 is 0 Å². The zero-order chi connectivity index (χ0) is 14.5. The normalized spacial score (nSPS) is 11.6. The van der Waals surface area contributed by atoms with Crippen molar-refractivity contribution in [3.63, 3.8) is 0 Å². The van der Waals surface area contributed by atoms with Gasteiger partial charge in [-0.05, 0) is 23.8 Å². The van der Waals surface area contributed by atoms with Crippen LogP contribution in [0.4, 0.5) is 0 Å². The van der Waals surface area contributed by atoms with E-state index in [9.17, 15) is 0 Å². The molecule has 5 rings (SSSR count). The summed E-state index contributed by atoms with van der Waals surface area (Å²) in [5.74, 6) is 0. The number of fused-ring (bicyclic) bond motifs is 5. The number of para-hydroxylation sites is 1. The van der Waals surface area contributed by atoms with Crippen molar-refractivity contribution in [3.8, 4) is 11.1 Å². The summed E-state index contributed by atoms with van der Waals surface area (Å²) in [4.78, 5) is 6.98. The SMILES string of the molecule is c1ccc(-c2cc3[nH]c4ccccc4c3c3cc[nH]c23)cc1. The summed E-state index contributed by atoms with van der Waals surface area (Å²) >= 11 is 0. The highest BCUT2D eigenvalue weighted by atomic mass is 14.7. The molecule has 0 saturated carbocycles. The second-order valence-electron chi connectivity index (χ2n) is 5.65. The van der Waals surface area contributed by atoms with Crippen LogP contribution in [0.2, 0.25) is 0 Å². The summed E-state index contributed by atoms with van der Waals surface area (Å²) in [5.41, 5.74) is 6.04. The number of benzene rings is 3. The Morgan fingerprint density at radius 3 is 2.41 bits per heavy atom. The Morgan fingerprint density at radius 1 is 0.682 bits per heavy atom. The summed E-state index contributed by atoms with van der Waals surface area (Å²) in [6.45, 7) is 0. The van der Waals surface area contributed by atoms with Crippen LogP contribution in [-0.4, -0.2) is 9.97 Å². The Bertz CT molecular complexity index is 1110. The zero-order valence-corrected chi connectivity index (χ0v) is 11.9. The van der Waals surface area contributed by atoms with Crippen LogP contribution in [0.5, 0.6) is 0 Å². The third-order valence-corrected chi connectivity index (χ3v) is 4.39. The first-order chi connectivity index (χ1) is 10.9. The molecule has 3 aromatic carbocycles. The molecule has 0 saturated heterocycles. The minimum absolute atomic E-state index is 1.19. The molecule has 0 aliphatic rings. The Hall–Kier alpha value is -3.00. The molecule has 0 radical (unpaired) electrons. The van der Waals surface area contributed by atoms with E-state index in [0.29, 0.717) is 0 Å². The van der Waals surface area contributed by atoms with Gasteiger partial charge in [-0.25, -0.2) is 0 Å². The van der Waals surface area contributed by atoms with Gasteiger partial charge in [-0.1, -0.05) is 48.5 Å². The van der Waals surface area contributed by atoms with E-state index in [4.69, 9.17) is 0 Å². The molecule has 104 valence electrons. The van der Waals surface area contributed by atoms with Gasteiger partial charge in [-0.15, -0.1) is 0 Å². The van der Waals surface area contributed by atoms with Crippen molar-refractivity contribution in [2.45, 2.75) is 0 Å². The number of rotatable bonds is 1. The Labute approximate surface area is 127 Å². The van der Waals surface area contributed by atoms with Gasteiger partial charge in [0.2, 0.25) is 0 Å². The van der Waals surface area contributed by atoms with Crippen molar-refractivity contribution in [2.24, 2.45) is 0 Å². The molecule has 0 atom stereocenters. The van der Waals surface area contributed by atoms with Crippen LogP contribution in [0, 0.1) is 0 Å². The van der Waals surface area contributed by atoms with Crippen molar-refractivity contribution in [1.82, 2.24) is 9.97 Å². The molecule has 0 unspecified atom stereocenters. The maximum Gasteiger partial charge on any atom is 0.0541 e. The van der Waals surface area contributed by atoms with E-state index in [2.05, 4.69) is 76.7 Å². The van der Waals surface area contributed by atoms with Gasteiger partial charge >= 0.3 is 0 Å². The fourth-order valence-corrected chi connectivity index (χ4v) is 3.42. The molecule has 0 fully saturated rings.